The van der Waals surface area contributed by atoms with Gasteiger partial charge in [0.25, 0.3) is 0 Å². The van der Waals surface area contributed by atoms with E-state index in [1.807, 2.05) is 0 Å². The van der Waals surface area contributed by atoms with Crippen LogP contribution in [-0.4, -0.2) is 13.3 Å². The first-order valence-corrected chi connectivity index (χ1v) is 6.58. The van der Waals surface area contributed by atoms with E-state index in [9.17, 15) is 13.2 Å². The first kappa shape index (κ1) is 14.8. The van der Waals surface area contributed by atoms with E-state index in [0.29, 0.717) is 11.3 Å². The lowest BCUT2D eigenvalue weighted by Gasteiger charge is -2.15. The quantitative estimate of drug-likeness (QED) is 0.654. The average Bonchev–Trinajstić information content (AvgIpc) is 2.25. The molecule has 1 rings (SSSR count). The van der Waals surface area contributed by atoms with E-state index in [0.717, 1.165) is 4.47 Å². The molecular formula is C11H11Br2F3O. The summed E-state index contributed by atoms with van der Waals surface area (Å²) >= 11 is 6.55. The molecule has 0 N–H and O–H groups in total. The minimum atomic E-state index is -4.13. The largest absolute Gasteiger partial charge is 0.496 e. The third kappa shape index (κ3) is 4.87. The van der Waals surface area contributed by atoms with Crippen molar-refractivity contribution in [3.63, 3.8) is 0 Å². The molecule has 0 aliphatic heterocycles. The maximum Gasteiger partial charge on any atom is 0.389 e. The van der Waals surface area contributed by atoms with Crippen LogP contribution in [0.2, 0.25) is 0 Å². The van der Waals surface area contributed by atoms with Gasteiger partial charge in [-0.05, 0) is 24.6 Å². The smallest absolute Gasteiger partial charge is 0.389 e. The van der Waals surface area contributed by atoms with Crippen LogP contribution in [0.5, 0.6) is 5.75 Å². The van der Waals surface area contributed by atoms with Crippen molar-refractivity contribution in [1.82, 2.24) is 0 Å². The van der Waals surface area contributed by atoms with Gasteiger partial charge in [-0.3, -0.25) is 0 Å². The number of hydrogen-bond acceptors (Lipinski definition) is 1. The van der Waals surface area contributed by atoms with E-state index in [1.165, 1.54) is 7.11 Å². The summed E-state index contributed by atoms with van der Waals surface area (Å²) in [7, 11) is 1.50. The molecule has 0 amide bonds. The molecule has 0 fully saturated rings. The average molecular weight is 376 g/mol. The Morgan fingerprint density at radius 2 is 2.00 bits per heavy atom. The standard InChI is InChI=1S/C11H11Br2F3O/c1-17-10-3-2-7(12)6-8(10)9(13)4-5-11(14,15)16/h2-3,6,9H,4-5H2,1H3. The van der Waals surface area contributed by atoms with Crippen molar-refractivity contribution in [2.75, 3.05) is 7.11 Å². The van der Waals surface area contributed by atoms with E-state index < -0.39 is 12.6 Å². The Hall–Kier alpha value is -0.230. The fourth-order valence-electron chi connectivity index (χ4n) is 1.40. The highest BCUT2D eigenvalue weighted by Gasteiger charge is 2.28. The van der Waals surface area contributed by atoms with E-state index in [-0.39, 0.29) is 11.2 Å². The van der Waals surface area contributed by atoms with Gasteiger partial charge in [-0.1, -0.05) is 31.9 Å². The van der Waals surface area contributed by atoms with E-state index in [1.54, 1.807) is 18.2 Å². The first-order chi connectivity index (χ1) is 7.83. The minimum Gasteiger partial charge on any atom is -0.496 e. The molecule has 0 bridgehead atoms. The lowest BCUT2D eigenvalue weighted by molar-refractivity contribution is -0.135. The van der Waals surface area contributed by atoms with Crippen molar-refractivity contribution < 1.29 is 17.9 Å². The fraction of sp³-hybridized carbons (Fsp3) is 0.455. The van der Waals surface area contributed by atoms with E-state index in [4.69, 9.17) is 4.74 Å². The molecule has 17 heavy (non-hydrogen) atoms. The lowest BCUT2D eigenvalue weighted by atomic mass is 10.1. The predicted molar refractivity (Wildman–Crippen MR) is 67.7 cm³/mol. The summed E-state index contributed by atoms with van der Waals surface area (Å²) in [6.07, 6.45) is -4.97. The Bertz CT molecular complexity index is 379. The van der Waals surface area contributed by atoms with Crippen LogP contribution in [0, 0.1) is 0 Å². The van der Waals surface area contributed by atoms with Crippen molar-refractivity contribution in [3.05, 3.63) is 28.2 Å². The molecule has 0 aliphatic rings. The maximum atomic E-state index is 12.1. The normalized spacial score (nSPS) is 13.5. The van der Waals surface area contributed by atoms with Crippen molar-refractivity contribution in [1.29, 1.82) is 0 Å². The van der Waals surface area contributed by atoms with E-state index >= 15 is 0 Å². The van der Waals surface area contributed by atoms with Crippen molar-refractivity contribution in [2.45, 2.75) is 23.8 Å². The van der Waals surface area contributed by atoms with Gasteiger partial charge >= 0.3 is 6.18 Å². The Morgan fingerprint density at radius 1 is 1.35 bits per heavy atom. The molecule has 0 aliphatic carbocycles. The molecule has 0 radical (unpaired) electrons. The summed E-state index contributed by atoms with van der Waals surface area (Å²) < 4.78 is 42.3. The van der Waals surface area contributed by atoms with Crippen LogP contribution in [-0.2, 0) is 0 Å². The third-order valence-electron chi connectivity index (χ3n) is 2.21. The molecule has 96 valence electrons. The molecule has 0 spiro atoms. The van der Waals surface area contributed by atoms with Crippen molar-refractivity contribution in [2.24, 2.45) is 0 Å². The molecule has 1 atom stereocenters. The number of methoxy groups -OCH3 is 1. The topological polar surface area (TPSA) is 9.23 Å². The summed E-state index contributed by atoms with van der Waals surface area (Å²) in [5, 5.41) is 0. The zero-order valence-corrected chi connectivity index (χ0v) is 12.2. The zero-order valence-electron chi connectivity index (χ0n) is 9.02. The summed E-state index contributed by atoms with van der Waals surface area (Å²) in [6.45, 7) is 0. The molecule has 1 aromatic carbocycles. The highest BCUT2D eigenvalue weighted by atomic mass is 79.9. The van der Waals surface area contributed by atoms with Gasteiger partial charge in [-0.25, -0.2) is 0 Å². The summed E-state index contributed by atoms with van der Waals surface area (Å²) in [4.78, 5) is -0.378. The second kappa shape index (κ2) is 6.09. The number of hydrogen-bond donors (Lipinski definition) is 0. The fourth-order valence-corrected chi connectivity index (χ4v) is 2.36. The van der Waals surface area contributed by atoms with Crippen LogP contribution < -0.4 is 4.74 Å². The SMILES string of the molecule is COc1ccc(Br)cc1C(Br)CCC(F)(F)F. The summed E-state index contributed by atoms with van der Waals surface area (Å²) in [5.74, 6) is 0.581. The minimum absolute atomic E-state index is 0.0175. The van der Waals surface area contributed by atoms with Crippen LogP contribution in [0.3, 0.4) is 0 Å². The predicted octanol–water partition coefficient (Wildman–Crippen LogP) is 5.24. The molecule has 0 heterocycles. The van der Waals surface area contributed by atoms with E-state index in [2.05, 4.69) is 31.9 Å². The zero-order chi connectivity index (χ0) is 13.1. The van der Waals surface area contributed by atoms with Gasteiger partial charge in [0.15, 0.2) is 0 Å². The number of alkyl halides is 4. The van der Waals surface area contributed by atoms with Gasteiger partial charge in [0, 0.05) is 21.3 Å². The van der Waals surface area contributed by atoms with Crippen LogP contribution in [0.15, 0.2) is 22.7 Å². The number of rotatable bonds is 4. The van der Waals surface area contributed by atoms with Crippen LogP contribution in [0.1, 0.15) is 23.2 Å². The second-order valence-corrected chi connectivity index (χ2v) is 5.53. The monoisotopic (exact) mass is 374 g/mol. The number of halogens is 5. The van der Waals surface area contributed by atoms with Gasteiger partial charge in [0.1, 0.15) is 5.75 Å². The molecule has 0 saturated heterocycles. The second-order valence-electron chi connectivity index (χ2n) is 3.51. The van der Waals surface area contributed by atoms with Crippen LogP contribution in [0.4, 0.5) is 13.2 Å². The lowest BCUT2D eigenvalue weighted by Crippen LogP contribution is -2.08. The van der Waals surface area contributed by atoms with Gasteiger partial charge in [-0.2, -0.15) is 13.2 Å². The Labute approximate surface area is 115 Å². The Balaban J connectivity index is 2.80. The molecule has 1 unspecified atom stereocenters. The molecule has 0 aromatic heterocycles. The van der Waals surface area contributed by atoms with Gasteiger partial charge in [0.2, 0.25) is 0 Å². The number of benzene rings is 1. The Kier molecular flexibility index (Phi) is 5.31. The number of ether oxygens (including phenoxy) is 1. The van der Waals surface area contributed by atoms with Crippen LogP contribution >= 0.6 is 31.9 Å². The first-order valence-electron chi connectivity index (χ1n) is 4.88. The molecule has 0 saturated carbocycles. The third-order valence-corrected chi connectivity index (χ3v) is 3.65. The van der Waals surface area contributed by atoms with Crippen molar-refractivity contribution >= 4 is 31.9 Å². The highest BCUT2D eigenvalue weighted by molar-refractivity contribution is 9.10. The summed E-state index contributed by atoms with van der Waals surface area (Å²) in [6, 6.07) is 5.27. The van der Waals surface area contributed by atoms with Crippen molar-refractivity contribution in [3.8, 4) is 5.75 Å². The van der Waals surface area contributed by atoms with Crippen LogP contribution in [0.25, 0.3) is 0 Å². The molecule has 1 aromatic rings. The van der Waals surface area contributed by atoms with Gasteiger partial charge < -0.3 is 4.74 Å². The molecule has 1 nitrogen and oxygen atoms in total. The maximum absolute atomic E-state index is 12.1. The molecule has 6 heteroatoms. The highest BCUT2D eigenvalue weighted by Crippen LogP contribution is 2.38. The molecular weight excluding hydrogens is 365 g/mol. The summed E-state index contributed by atoms with van der Waals surface area (Å²) in [5.41, 5.74) is 0.714. The van der Waals surface area contributed by atoms with Gasteiger partial charge in [0.05, 0.1) is 7.11 Å². The Morgan fingerprint density at radius 3 is 2.53 bits per heavy atom. The van der Waals surface area contributed by atoms with Gasteiger partial charge in [-0.15, -0.1) is 0 Å².